The van der Waals surface area contributed by atoms with Crippen molar-refractivity contribution in [1.82, 2.24) is 5.43 Å². The van der Waals surface area contributed by atoms with Crippen LogP contribution in [0.2, 0.25) is 4.34 Å². The maximum atomic E-state index is 5.98. The van der Waals surface area contributed by atoms with Gasteiger partial charge in [-0.15, -0.1) is 11.3 Å². The highest BCUT2D eigenvalue weighted by Gasteiger charge is 2.14. The molecule has 1 heterocycles. The van der Waals surface area contributed by atoms with Gasteiger partial charge in [0.15, 0.2) is 0 Å². The van der Waals surface area contributed by atoms with Crippen molar-refractivity contribution < 1.29 is 0 Å². The van der Waals surface area contributed by atoms with Crippen LogP contribution in [0.3, 0.4) is 0 Å². The van der Waals surface area contributed by atoms with Crippen LogP contribution >= 0.6 is 22.9 Å². The van der Waals surface area contributed by atoms with Crippen molar-refractivity contribution in [2.24, 2.45) is 5.84 Å². The maximum absolute atomic E-state index is 5.98. The second-order valence-electron chi connectivity index (χ2n) is 4.24. The van der Waals surface area contributed by atoms with Crippen LogP contribution < -0.4 is 11.3 Å². The quantitative estimate of drug-likeness (QED) is 0.644. The molecule has 0 aliphatic carbocycles. The lowest BCUT2D eigenvalue weighted by Crippen LogP contribution is -2.28. The molecule has 1 atom stereocenters. The summed E-state index contributed by atoms with van der Waals surface area (Å²) < 4.78 is 0.787. The Hall–Kier alpha value is -0.870. The Morgan fingerprint density at radius 3 is 2.78 bits per heavy atom. The number of rotatable bonds is 5. The predicted octanol–water partition coefficient (Wildman–Crippen LogP) is 3.91. The first kappa shape index (κ1) is 13.6. The molecule has 1 unspecified atom stereocenters. The molecule has 96 valence electrons. The molecule has 4 heteroatoms. The van der Waals surface area contributed by atoms with Gasteiger partial charge in [0.1, 0.15) is 0 Å². The van der Waals surface area contributed by atoms with Crippen LogP contribution in [0.4, 0.5) is 0 Å². The van der Waals surface area contributed by atoms with E-state index in [0.717, 1.165) is 22.1 Å². The van der Waals surface area contributed by atoms with Gasteiger partial charge in [0.25, 0.3) is 0 Å². The number of hydrogen-bond donors (Lipinski definition) is 2. The maximum Gasteiger partial charge on any atom is 0.0931 e. The molecule has 18 heavy (non-hydrogen) atoms. The fraction of sp³-hybridized carbons (Fsp3) is 0.286. The number of halogens is 1. The monoisotopic (exact) mass is 280 g/mol. The van der Waals surface area contributed by atoms with E-state index in [9.17, 15) is 0 Å². The summed E-state index contributed by atoms with van der Waals surface area (Å²) in [4.78, 5) is 1.14. The van der Waals surface area contributed by atoms with Gasteiger partial charge in [-0.05, 0) is 29.7 Å². The van der Waals surface area contributed by atoms with Crippen LogP contribution in [0.25, 0.3) is 0 Å². The normalized spacial score (nSPS) is 12.6. The molecule has 2 aromatic rings. The molecule has 0 spiro atoms. The fourth-order valence-electron chi connectivity index (χ4n) is 2.04. The second kappa shape index (κ2) is 6.34. The molecule has 0 saturated heterocycles. The van der Waals surface area contributed by atoms with E-state index in [1.807, 2.05) is 12.1 Å². The van der Waals surface area contributed by atoms with Crippen molar-refractivity contribution in [3.05, 3.63) is 56.7 Å². The Kier molecular flexibility index (Phi) is 4.78. The Balaban J connectivity index is 2.29. The summed E-state index contributed by atoms with van der Waals surface area (Å²) >= 11 is 7.54. The zero-order valence-corrected chi connectivity index (χ0v) is 11.9. The number of hydrogen-bond acceptors (Lipinski definition) is 3. The first-order valence-electron chi connectivity index (χ1n) is 6.04. The SMILES string of the molecule is CCCc1cccc(C(NN)c2ccc(Cl)s2)c1. The van der Waals surface area contributed by atoms with Crippen LogP contribution in [0.5, 0.6) is 0 Å². The number of benzene rings is 1. The second-order valence-corrected chi connectivity index (χ2v) is 5.98. The van der Waals surface area contributed by atoms with E-state index in [-0.39, 0.29) is 6.04 Å². The molecule has 0 saturated carbocycles. The fourth-order valence-corrected chi connectivity index (χ4v) is 3.19. The van der Waals surface area contributed by atoms with Crippen LogP contribution in [0.1, 0.15) is 35.4 Å². The molecule has 0 radical (unpaired) electrons. The summed E-state index contributed by atoms with van der Waals surface area (Å²) in [6, 6.07) is 12.5. The topological polar surface area (TPSA) is 38.0 Å². The number of aryl methyl sites for hydroxylation is 1. The van der Waals surface area contributed by atoms with Crippen LogP contribution in [0, 0.1) is 0 Å². The highest BCUT2D eigenvalue weighted by Crippen LogP contribution is 2.30. The molecule has 0 aliphatic rings. The van der Waals surface area contributed by atoms with E-state index < -0.39 is 0 Å². The highest BCUT2D eigenvalue weighted by molar-refractivity contribution is 7.16. The van der Waals surface area contributed by atoms with E-state index in [1.54, 1.807) is 11.3 Å². The van der Waals surface area contributed by atoms with Crippen molar-refractivity contribution >= 4 is 22.9 Å². The van der Waals surface area contributed by atoms with Crippen molar-refractivity contribution in [2.75, 3.05) is 0 Å². The number of nitrogens with one attached hydrogen (secondary N) is 1. The van der Waals surface area contributed by atoms with E-state index in [1.165, 1.54) is 11.1 Å². The van der Waals surface area contributed by atoms with Gasteiger partial charge in [-0.3, -0.25) is 5.84 Å². The average Bonchev–Trinajstić information content (AvgIpc) is 2.78. The molecule has 1 aromatic carbocycles. The molecular weight excluding hydrogens is 264 g/mol. The third-order valence-corrected chi connectivity index (χ3v) is 4.16. The number of thiophene rings is 1. The van der Waals surface area contributed by atoms with E-state index in [2.05, 4.69) is 36.6 Å². The molecule has 0 bridgehead atoms. The lowest BCUT2D eigenvalue weighted by molar-refractivity contribution is 0.645. The summed E-state index contributed by atoms with van der Waals surface area (Å²) in [5, 5.41) is 0. The number of nitrogens with two attached hydrogens (primary N) is 1. The minimum atomic E-state index is 0.0132. The average molecular weight is 281 g/mol. The highest BCUT2D eigenvalue weighted by atomic mass is 35.5. The first-order chi connectivity index (χ1) is 8.74. The van der Waals surface area contributed by atoms with E-state index in [4.69, 9.17) is 17.4 Å². The molecule has 2 nitrogen and oxygen atoms in total. The Morgan fingerprint density at radius 2 is 2.17 bits per heavy atom. The van der Waals surface area contributed by atoms with E-state index in [0.29, 0.717) is 0 Å². The summed E-state index contributed by atoms with van der Waals surface area (Å²) in [6.45, 7) is 2.18. The van der Waals surface area contributed by atoms with Gasteiger partial charge in [-0.2, -0.15) is 0 Å². The van der Waals surface area contributed by atoms with Crippen LogP contribution in [-0.2, 0) is 6.42 Å². The van der Waals surface area contributed by atoms with Gasteiger partial charge < -0.3 is 0 Å². The van der Waals surface area contributed by atoms with Crippen molar-refractivity contribution in [2.45, 2.75) is 25.8 Å². The summed E-state index contributed by atoms with van der Waals surface area (Å²) in [7, 11) is 0. The zero-order valence-electron chi connectivity index (χ0n) is 10.3. The molecule has 1 aromatic heterocycles. The smallest absolute Gasteiger partial charge is 0.0931 e. The Morgan fingerprint density at radius 1 is 1.33 bits per heavy atom. The van der Waals surface area contributed by atoms with Gasteiger partial charge in [0, 0.05) is 4.88 Å². The molecule has 0 amide bonds. The van der Waals surface area contributed by atoms with Gasteiger partial charge in [-0.1, -0.05) is 49.2 Å². The molecular formula is C14H17ClN2S. The van der Waals surface area contributed by atoms with Crippen LogP contribution in [-0.4, -0.2) is 0 Å². The molecule has 3 N–H and O–H groups in total. The lowest BCUT2D eigenvalue weighted by Gasteiger charge is -2.15. The predicted molar refractivity (Wildman–Crippen MR) is 78.9 cm³/mol. The van der Waals surface area contributed by atoms with Gasteiger partial charge in [0.2, 0.25) is 0 Å². The largest absolute Gasteiger partial charge is 0.271 e. The van der Waals surface area contributed by atoms with Crippen molar-refractivity contribution in [1.29, 1.82) is 0 Å². The minimum Gasteiger partial charge on any atom is -0.271 e. The van der Waals surface area contributed by atoms with Crippen LogP contribution in [0.15, 0.2) is 36.4 Å². The summed E-state index contributed by atoms with van der Waals surface area (Å²) in [6.07, 6.45) is 2.24. The van der Waals surface area contributed by atoms with Gasteiger partial charge in [0.05, 0.1) is 10.4 Å². The Labute approximate surface area is 117 Å². The van der Waals surface area contributed by atoms with Gasteiger partial charge in [-0.25, -0.2) is 5.43 Å². The summed E-state index contributed by atoms with van der Waals surface area (Å²) in [5.74, 6) is 5.68. The van der Waals surface area contributed by atoms with Crippen molar-refractivity contribution in [3.63, 3.8) is 0 Å². The zero-order chi connectivity index (χ0) is 13.0. The first-order valence-corrected chi connectivity index (χ1v) is 7.24. The van der Waals surface area contributed by atoms with Crippen molar-refractivity contribution in [3.8, 4) is 0 Å². The standard InChI is InChI=1S/C14H17ClN2S/c1-2-4-10-5-3-6-11(9-10)14(17-16)12-7-8-13(15)18-12/h3,5-9,14,17H,2,4,16H2,1H3. The molecule has 0 fully saturated rings. The molecule has 2 rings (SSSR count). The number of hydrazine groups is 1. The van der Waals surface area contributed by atoms with Gasteiger partial charge >= 0.3 is 0 Å². The third-order valence-electron chi connectivity index (χ3n) is 2.87. The third kappa shape index (κ3) is 3.12. The lowest BCUT2D eigenvalue weighted by atomic mass is 10.0. The molecule has 0 aliphatic heterocycles. The van der Waals surface area contributed by atoms with E-state index >= 15 is 0 Å². The summed E-state index contributed by atoms with van der Waals surface area (Å²) in [5.41, 5.74) is 5.40. The Bertz CT molecular complexity index is 510. The minimum absolute atomic E-state index is 0.0132.